The molecule has 0 unspecified atom stereocenters. The molecule has 0 saturated carbocycles. The van der Waals surface area contributed by atoms with Crippen molar-refractivity contribution >= 4 is 17.7 Å². The summed E-state index contributed by atoms with van der Waals surface area (Å²) in [6, 6.07) is 1.58. The minimum Gasteiger partial charge on any atom is -0.482 e. The Hall–Kier alpha value is -1.64. The first kappa shape index (κ1) is 16.7. The van der Waals surface area contributed by atoms with Gasteiger partial charge in [0.1, 0.15) is 5.75 Å². The van der Waals surface area contributed by atoms with Crippen LogP contribution in [0.1, 0.15) is 5.56 Å². The Morgan fingerprint density at radius 2 is 2.14 bits per heavy atom. The van der Waals surface area contributed by atoms with E-state index in [1.54, 1.807) is 6.07 Å². The summed E-state index contributed by atoms with van der Waals surface area (Å²) in [6.07, 6.45) is -1.65. The molecule has 0 bridgehead atoms. The van der Waals surface area contributed by atoms with Gasteiger partial charge < -0.3 is 15.4 Å². The van der Waals surface area contributed by atoms with Crippen molar-refractivity contribution in [1.29, 1.82) is 0 Å². The van der Waals surface area contributed by atoms with E-state index >= 15 is 0 Å². The molecule has 0 amide bonds. The molecule has 1 aromatic heterocycles. The Bertz CT molecular complexity index is 518. The molecular weight excluding hydrogens is 317 g/mol. The second-order valence-corrected chi connectivity index (χ2v) is 5.89. The number of thioether (sulfide) groups is 1. The van der Waals surface area contributed by atoms with Crippen molar-refractivity contribution in [2.75, 3.05) is 31.2 Å². The van der Waals surface area contributed by atoms with Gasteiger partial charge in [0.25, 0.3) is 0 Å². The van der Waals surface area contributed by atoms with Crippen LogP contribution in [0.15, 0.2) is 23.5 Å². The summed E-state index contributed by atoms with van der Waals surface area (Å²) >= 11 is 1.85. The molecule has 0 atom stereocenters. The first-order chi connectivity index (χ1) is 10.5. The Labute approximate surface area is 130 Å². The standard InChI is InChI=1S/C13H17F3N4OS/c14-13(15,16)9-21-11-8-18-2-1-10(11)7-19-12(17)20-3-5-22-6-4-20/h1-2,8H,3-7,9H2,(H2,17,19). The van der Waals surface area contributed by atoms with E-state index in [2.05, 4.69) is 9.98 Å². The number of hydrogen-bond acceptors (Lipinski definition) is 4. The van der Waals surface area contributed by atoms with Crippen molar-refractivity contribution in [3.8, 4) is 5.75 Å². The number of aromatic nitrogens is 1. The molecular formula is C13H17F3N4OS. The van der Waals surface area contributed by atoms with Gasteiger partial charge in [0.05, 0.1) is 12.7 Å². The summed E-state index contributed by atoms with van der Waals surface area (Å²) in [4.78, 5) is 9.99. The number of rotatable bonds is 4. The van der Waals surface area contributed by atoms with E-state index < -0.39 is 12.8 Å². The zero-order chi connectivity index (χ0) is 16.0. The molecule has 0 spiro atoms. The minimum absolute atomic E-state index is 0.0746. The van der Waals surface area contributed by atoms with Gasteiger partial charge in [-0.3, -0.25) is 4.98 Å². The molecule has 9 heteroatoms. The summed E-state index contributed by atoms with van der Waals surface area (Å²) in [5.74, 6) is 2.46. The lowest BCUT2D eigenvalue weighted by Gasteiger charge is -2.27. The number of guanidine groups is 1. The van der Waals surface area contributed by atoms with E-state index in [4.69, 9.17) is 10.5 Å². The van der Waals surface area contributed by atoms with E-state index in [1.807, 2.05) is 16.7 Å². The first-order valence-electron chi connectivity index (χ1n) is 6.71. The number of aliphatic imine (C=N–C) groups is 1. The highest BCUT2D eigenvalue weighted by atomic mass is 32.2. The number of hydrogen-bond donors (Lipinski definition) is 1. The fourth-order valence-electron chi connectivity index (χ4n) is 1.89. The van der Waals surface area contributed by atoms with Crippen molar-refractivity contribution < 1.29 is 17.9 Å². The van der Waals surface area contributed by atoms with Crippen LogP contribution in [0.25, 0.3) is 0 Å². The monoisotopic (exact) mass is 334 g/mol. The lowest BCUT2D eigenvalue weighted by Crippen LogP contribution is -2.42. The molecule has 0 radical (unpaired) electrons. The number of alkyl halides is 3. The van der Waals surface area contributed by atoms with Crippen LogP contribution in [0.2, 0.25) is 0 Å². The predicted octanol–water partition coefficient (Wildman–Crippen LogP) is 1.89. The van der Waals surface area contributed by atoms with Crippen molar-refractivity contribution in [3.05, 3.63) is 24.0 Å². The third kappa shape index (κ3) is 5.28. The van der Waals surface area contributed by atoms with E-state index in [-0.39, 0.29) is 12.3 Å². The largest absolute Gasteiger partial charge is 0.482 e. The topological polar surface area (TPSA) is 63.7 Å². The summed E-state index contributed by atoms with van der Waals surface area (Å²) in [7, 11) is 0. The van der Waals surface area contributed by atoms with Crippen LogP contribution in [-0.4, -0.2) is 53.2 Å². The molecule has 1 aliphatic heterocycles. The van der Waals surface area contributed by atoms with Gasteiger partial charge in [-0.05, 0) is 6.07 Å². The first-order valence-corrected chi connectivity index (χ1v) is 7.86. The maximum atomic E-state index is 12.2. The van der Waals surface area contributed by atoms with E-state index in [1.165, 1.54) is 12.4 Å². The van der Waals surface area contributed by atoms with Crippen LogP contribution in [0, 0.1) is 0 Å². The van der Waals surface area contributed by atoms with Crippen LogP contribution in [0.3, 0.4) is 0 Å². The highest BCUT2D eigenvalue weighted by Crippen LogP contribution is 2.22. The fourth-order valence-corrected chi connectivity index (χ4v) is 2.79. The van der Waals surface area contributed by atoms with Gasteiger partial charge in [-0.25, -0.2) is 4.99 Å². The summed E-state index contributed by atoms with van der Waals surface area (Å²) in [5.41, 5.74) is 6.44. The van der Waals surface area contributed by atoms with Crippen LogP contribution in [-0.2, 0) is 6.54 Å². The molecule has 1 aliphatic rings. The summed E-state index contributed by atoms with van der Waals surface area (Å²) < 4.78 is 41.4. The highest BCUT2D eigenvalue weighted by Gasteiger charge is 2.28. The maximum Gasteiger partial charge on any atom is 0.422 e. The Morgan fingerprint density at radius 3 is 2.82 bits per heavy atom. The van der Waals surface area contributed by atoms with Crippen molar-refractivity contribution in [2.45, 2.75) is 12.7 Å². The smallest absolute Gasteiger partial charge is 0.422 e. The van der Waals surface area contributed by atoms with Crippen molar-refractivity contribution in [2.24, 2.45) is 10.7 Å². The maximum absolute atomic E-state index is 12.2. The molecule has 1 saturated heterocycles. The van der Waals surface area contributed by atoms with E-state index in [0.717, 1.165) is 24.6 Å². The fraction of sp³-hybridized carbons (Fsp3) is 0.538. The van der Waals surface area contributed by atoms with Gasteiger partial charge in [-0.2, -0.15) is 24.9 Å². The SMILES string of the molecule is NC(=NCc1ccncc1OCC(F)(F)F)N1CCSCC1. The normalized spacial score (nSPS) is 16.7. The van der Waals surface area contributed by atoms with Gasteiger partial charge in [-0.15, -0.1) is 0 Å². The molecule has 22 heavy (non-hydrogen) atoms. The van der Waals surface area contributed by atoms with Crippen molar-refractivity contribution in [3.63, 3.8) is 0 Å². The zero-order valence-electron chi connectivity index (χ0n) is 11.8. The molecule has 5 nitrogen and oxygen atoms in total. The second-order valence-electron chi connectivity index (χ2n) is 4.66. The van der Waals surface area contributed by atoms with Gasteiger partial charge in [-0.1, -0.05) is 0 Å². The third-order valence-corrected chi connectivity index (χ3v) is 3.95. The number of halogens is 3. The third-order valence-electron chi connectivity index (χ3n) is 3.01. The Morgan fingerprint density at radius 1 is 1.41 bits per heavy atom. The number of pyridine rings is 1. The molecule has 2 N–H and O–H groups in total. The van der Waals surface area contributed by atoms with Gasteiger partial charge >= 0.3 is 6.18 Å². The highest BCUT2D eigenvalue weighted by molar-refractivity contribution is 7.99. The predicted molar refractivity (Wildman–Crippen MR) is 80.0 cm³/mol. The average Bonchev–Trinajstić information content (AvgIpc) is 2.51. The van der Waals surface area contributed by atoms with Gasteiger partial charge in [0.15, 0.2) is 12.6 Å². The lowest BCUT2D eigenvalue weighted by atomic mass is 10.2. The Kier molecular flexibility index (Phi) is 5.76. The molecule has 2 heterocycles. The lowest BCUT2D eigenvalue weighted by molar-refractivity contribution is -0.153. The van der Waals surface area contributed by atoms with E-state index in [9.17, 15) is 13.2 Å². The zero-order valence-corrected chi connectivity index (χ0v) is 12.7. The Balaban J connectivity index is 1.99. The van der Waals surface area contributed by atoms with E-state index in [0.29, 0.717) is 11.5 Å². The number of nitrogens with zero attached hydrogens (tertiary/aromatic N) is 3. The minimum atomic E-state index is -4.39. The molecule has 1 fully saturated rings. The average molecular weight is 334 g/mol. The summed E-state index contributed by atoms with van der Waals surface area (Å²) in [5, 5.41) is 0. The summed E-state index contributed by atoms with van der Waals surface area (Å²) in [6.45, 7) is 0.459. The van der Waals surface area contributed by atoms with Gasteiger partial charge in [0, 0.05) is 36.4 Å². The van der Waals surface area contributed by atoms with Crippen molar-refractivity contribution in [1.82, 2.24) is 9.88 Å². The molecule has 0 aliphatic carbocycles. The van der Waals surface area contributed by atoms with Crippen LogP contribution >= 0.6 is 11.8 Å². The molecule has 2 rings (SSSR count). The second kappa shape index (κ2) is 7.57. The molecule has 122 valence electrons. The molecule has 0 aromatic carbocycles. The number of nitrogens with two attached hydrogens (primary N) is 1. The van der Waals surface area contributed by atoms with Crippen LogP contribution < -0.4 is 10.5 Å². The number of ether oxygens (including phenoxy) is 1. The molecule has 1 aromatic rings. The van der Waals surface area contributed by atoms with Crippen LogP contribution in [0.4, 0.5) is 13.2 Å². The van der Waals surface area contributed by atoms with Crippen LogP contribution in [0.5, 0.6) is 5.75 Å². The van der Waals surface area contributed by atoms with Gasteiger partial charge in [0.2, 0.25) is 0 Å². The quantitative estimate of drug-likeness (QED) is 0.673.